The highest BCUT2D eigenvalue weighted by molar-refractivity contribution is 7.89. The van der Waals surface area contributed by atoms with Crippen LogP contribution in [0, 0.1) is 5.82 Å². The van der Waals surface area contributed by atoms with Crippen molar-refractivity contribution in [1.82, 2.24) is 9.97 Å². The van der Waals surface area contributed by atoms with Crippen molar-refractivity contribution in [2.24, 2.45) is 5.14 Å². The van der Waals surface area contributed by atoms with Gasteiger partial charge in [-0.25, -0.2) is 32.3 Å². The van der Waals surface area contributed by atoms with Crippen LogP contribution in [0.15, 0.2) is 12.4 Å². The molecule has 1 aromatic heterocycles. The Bertz CT molecular complexity index is 444. The Morgan fingerprint density at radius 1 is 1.47 bits per heavy atom. The van der Waals surface area contributed by atoms with E-state index in [1.54, 1.807) is 0 Å². The number of nitrogens with two attached hydrogens (primary N) is 1. The van der Waals surface area contributed by atoms with Gasteiger partial charge in [0.1, 0.15) is 5.75 Å². The van der Waals surface area contributed by atoms with E-state index in [1.807, 2.05) is 0 Å². The fourth-order valence-electron chi connectivity index (χ4n) is 1.02. The molecule has 0 aliphatic heterocycles. The minimum atomic E-state index is -3.99. The predicted octanol–water partition coefficient (Wildman–Crippen LogP) is 0.0889. The molecule has 0 radical (unpaired) electrons. The molecule has 0 spiro atoms. The summed E-state index contributed by atoms with van der Waals surface area (Å²) >= 11 is 0. The van der Waals surface area contributed by atoms with Crippen molar-refractivity contribution in [3.05, 3.63) is 24.0 Å². The summed E-state index contributed by atoms with van der Waals surface area (Å²) in [7, 11) is -3.99. The maximum atomic E-state index is 13.7. The highest BCUT2D eigenvalue weighted by Gasteiger charge is 2.33. The Balaban J connectivity index is 3.00. The molecule has 0 amide bonds. The standard InChI is InChI=1S/C7H9F2N3O2S/c1-7(9,4-15(10,13)14)6-11-2-5(8)3-12-6/h2-3H,4H2,1H3,(H2,10,13,14)/t7-/m0/s1. The first kappa shape index (κ1) is 11.9. The van der Waals surface area contributed by atoms with E-state index in [2.05, 4.69) is 9.97 Å². The molecule has 15 heavy (non-hydrogen) atoms. The van der Waals surface area contributed by atoms with Gasteiger partial charge in [0, 0.05) is 0 Å². The van der Waals surface area contributed by atoms with Gasteiger partial charge in [-0.2, -0.15) is 0 Å². The summed E-state index contributed by atoms with van der Waals surface area (Å²) in [5.41, 5.74) is -2.33. The SMILES string of the molecule is C[C@](F)(CS(N)(=O)=O)c1ncc(F)cn1. The highest BCUT2D eigenvalue weighted by atomic mass is 32.2. The van der Waals surface area contributed by atoms with E-state index < -0.39 is 33.1 Å². The second-order valence-corrected chi connectivity index (χ2v) is 4.84. The van der Waals surface area contributed by atoms with Crippen LogP contribution in [0.25, 0.3) is 0 Å². The number of hydrogen-bond acceptors (Lipinski definition) is 4. The normalized spacial score (nSPS) is 16.0. The molecule has 84 valence electrons. The van der Waals surface area contributed by atoms with Gasteiger partial charge in [-0.1, -0.05) is 0 Å². The van der Waals surface area contributed by atoms with Crippen molar-refractivity contribution in [1.29, 1.82) is 0 Å². The molecule has 1 atom stereocenters. The van der Waals surface area contributed by atoms with Crippen molar-refractivity contribution >= 4 is 10.0 Å². The van der Waals surface area contributed by atoms with Gasteiger partial charge in [-0.3, -0.25) is 0 Å². The van der Waals surface area contributed by atoms with Gasteiger partial charge in [0.25, 0.3) is 0 Å². The largest absolute Gasteiger partial charge is 0.235 e. The molecule has 0 saturated carbocycles. The zero-order valence-electron chi connectivity index (χ0n) is 7.81. The number of primary sulfonamides is 1. The van der Waals surface area contributed by atoms with Crippen LogP contribution < -0.4 is 5.14 Å². The third-order valence-electron chi connectivity index (χ3n) is 1.56. The maximum absolute atomic E-state index is 13.7. The maximum Gasteiger partial charge on any atom is 0.212 e. The van der Waals surface area contributed by atoms with Gasteiger partial charge in [0.2, 0.25) is 10.0 Å². The van der Waals surface area contributed by atoms with E-state index in [-0.39, 0.29) is 0 Å². The lowest BCUT2D eigenvalue weighted by Crippen LogP contribution is -2.32. The van der Waals surface area contributed by atoms with Crippen LogP contribution in [0.4, 0.5) is 8.78 Å². The summed E-state index contributed by atoms with van der Waals surface area (Å²) < 4.78 is 47.6. The molecule has 5 nitrogen and oxygen atoms in total. The predicted molar refractivity (Wildman–Crippen MR) is 48.4 cm³/mol. The summed E-state index contributed by atoms with van der Waals surface area (Å²) in [4.78, 5) is 6.71. The van der Waals surface area contributed by atoms with Crippen molar-refractivity contribution in [2.75, 3.05) is 5.75 Å². The molecule has 0 bridgehead atoms. The van der Waals surface area contributed by atoms with Gasteiger partial charge >= 0.3 is 0 Å². The molecule has 0 aliphatic carbocycles. The Kier molecular flexibility index (Phi) is 3.00. The number of nitrogens with zero attached hydrogens (tertiary/aromatic N) is 2. The van der Waals surface area contributed by atoms with E-state index in [0.29, 0.717) is 0 Å². The number of hydrogen-bond donors (Lipinski definition) is 1. The van der Waals surface area contributed by atoms with Gasteiger partial charge in [-0.15, -0.1) is 0 Å². The smallest absolute Gasteiger partial charge is 0.212 e. The summed E-state index contributed by atoms with van der Waals surface area (Å²) in [5, 5.41) is 4.69. The molecule has 1 heterocycles. The van der Waals surface area contributed by atoms with Crippen molar-refractivity contribution in [2.45, 2.75) is 12.6 Å². The molecule has 1 rings (SSSR count). The Labute approximate surface area is 85.4 Å². The van der Waals surface area contributed by atoms with Crippen molar-refractivity contribution in [3.63, 3.8) is 0 Å². The molecular formula is C7H9F2N3O2S. The van der Waals surface area contributed by atoms with Crippen LogP contribution in [0.3, 0.4) is 0 Å². The quantitative estimate of drug-likeness (QED) is 0.807. The fraction of sp³-hybridized carbons (Fsp3) is 0.429. The average molecular weight is 237 g/mol. The highest BCUT2D eigenvalue weighted by Crippen LogP contribution is 2.22. The second-order valence-electron chi connectivity index (χ2n) is 3.23. The molecular weight excluding hydrogens is 228 g/mol. The molecule has 1 aromatic rings. The first-order chi connectivity index (χ1) is 6.71. The zero-order chi connectivity index (χ0) is 11.7. The van der Waals surface area contributed by atoms with Gasteiger partial charge in [-0.05, 0) is 6.92 Å². The number of halogens is 2. The van der Waals surface area contributed by atoms with E-state index in [9.17, 15) is 17.2 Å². The monoisotopic (exact) mass is 237 g/mol. The van der Waals surface area contributed by atoms with Crippen LogP contribution in [0.2, 0.25) is 0 Å². The van der Waals surface area contributed by atoms with Crippen LogP contribution >= 0.6 is 0 Å². The van der Waals surface area contributed by atoms with E-state index in [4.69, 9.17) is 5.14 Å². The van der Waals surface area contributed by atoms with Crippen LogP contribution in [0.5, 0.6) is 0 Å². The summed E-state index contributed by atoms with van der Waals surface area (Å²) in [6.45, 7) is 0.963. The van der Waals surface area contributed by atoms with Crippen LogP contribution in [-0.4, -0.2) is 24.1 Å². The number of rotatable bonds is 3. The fourth-order valence-corrected chi connectivity index (χ4v) is 1.91. The molecule has 0 fully saturated rings. The van der Waals surface area contributed by atoms with Crippen LogP contribution in [-0.2, 0) is 15.7 Å². The van der Waals surface area contributed by atoms with Gasteiger partial charge in [0.15, 0.2) is 17.3 Å². The topological polar surface area (TPSA) is 85.9 Å². The number of aromatic nitrogens is 2. The molecule has 2 N–H and O–H groups in total. The first-order valence-corrected chi connectivity index (χ1v) is 5.60. The Morgan fingerprint density at radius 2 is 1.93 bits per heavy atom. The van der Waals surface area contributed by atoms with Crippen molar-refractivity contribution in [3.8, 4) is 0 Å². The van der Waals surface area contributed by atoms with Crippen molar-refractivity contribution < 1.29 is 17.2 Å². The summed E-state index contributed by atoms with van der Waals surface area (Å²) in [5.74, 6) is -2.10. The third-order valence-corrected chi connectivity index (χ3v) is 2.50. The molecule has 0 aliphatic rings. The van der Waals surface area contributed by atoms with Gasteiger partial charge < -0.3 is 0 Å². The molecule has 0 aromatic carbocycles. The average Bonchev–Trinajstić information content (AvgIpc) is 2.00. The third kappa shape index (κ3) is 3.48. The number of alkyl halides is 1. The van der Waals surface area contributed by atoms with Gasteiger partial charge in [0.05, 0.1) is 12.4 Å². The number of sulfonamides is 1. The second kappa shape index (κ2) is 3.78. The summed E-state index contributed by atoms with van der Waals surface area (Å²) in [6.07, 6.45) is 1.51. The molecule has 0 unspecified atom stereocenters. The molecule has 8 heteroatoms. The Hall–Kier alpha value is -1.15. The van der Waals surface area contributed by atoms with E-state index in [1.165, 1.54) is 0 Å². The lowest BCUT2D eigenvalue weighted by molar-refractivity contribution is 0.209. The minimum Gasteiger partial charge on any atom is -0.235 e. The minimum absolute atomic E-state index is 0.419. The van der Waals surface area contributed by atoms with E-state index in [0.717, 1.165) is 19.3 Å². The zero-order valence-corrected chi connectivity index (χ0v) is 8.63. The Morgan fingerprint density at radius 3 is 2.33 bits per heavy atom. The summed E-state index contributed by atoms with van der Waals surface area (Å²) in [6, 6.07) is 0. The van der Waals surface area contributed by atoms with Crippen LogP contribution in [0.1, 0.15) is 12.7 Å². The first-order valence-electron chi connectivity index (χ1n) is 3.88. The lowest BCUT2D eigenvalue weighted by atomic mass is 10.1. The van der Waals surface area contributed by atoms with E-state index >= 15 is 0 Å². The molecule has 0 saturated heterocycles. The lowest BCUT2D eigenvalue weighted by Gasteiger charge is -2.16.